The highest BCUT2D eigenvalue weighted by Crippen LogP contribution is 2.29. The van der Waals surface area contributed by atoms with E-state index in [9.17, 15) is 9.59 Å². The van der Waals surface area contributed by atoms with Crippen LogP contribution in [0.5, 0.6) is 0 Å². The Hall–Kier alpha value is -3.80. The molecule has 0 aliphatic carbocycles. The molecule has 3 aromatic heterocycles. The van der Waals surface area contributed by atoms with E-state index >= 15 is 0 Å². The van der Waals surface area contributed by atoms with Crippen LogP contribution in [-0.4, -0.2) is 33.5 Å². The number of ether oxygens (including phenoxy) is 1. The summed E-state index contributed by atoms with van der Waals surface area (Å²) in [6.45, 7) is 3.97. The lowest BCUT2D eigenvalue weighted by Gasteiger charge is -2.05. The maximum absolute atomic E-state index is 13.5. The van der Waals surface area contributed by atoms with Crippen molar-refractivity contribution in [3.05, 3.63) is 88.9 Å². The van der Waals surface area contributed by atoms with Crippen molar-refractivity contribution < 1.29 is 14.3 Å². The van der Waals surface area contributed by atoms with Gasteiger partial charge < -0.3 is 4.74 Å². The van der Waals surface area contributed by atoms with E-state index in [2.05, 4.69) is 10.1 Å². The third-order valence-corrected chi connectivity index (χ3v) is 4.71. The molecular weight excluding hydrogens is 366 g/mol. The highest BCUT2D eigenvalue weighted by atomic mass is 16.5. The number of benzene rings is 1. The molecule has 29 heavy (non-hydrogen) atoms. The molecule has 0 saturated heterocycles. The number of hydrogen-bond donors (Lipinski definition) is 0. The summed E-state index contributed by atoms with van der Waals surface area (Å²) in [5.41, 5.74) is 4.94. The van der Waals surface area contributed by atoms with Gasteiger partial charge in [-0.25, -0.2) is 14.3 Å². The van der Waals surface area contributed by atoms with Crippen LogP contribution in [0.3, 0.4) is 0 Å². The van der Waals surface area contributed by atoms with E-state index in [1.54, 1.807) is 16.6 Å². The van der Waals surface area contributed by atoms with Gasteiger partial charge in [0.05, 0.1) is 18.2 Å². The van der Waals surface area contributed by atoms with Crippen LogP contribution in [-0.2, 0) is 4.74 Å². The Kier molecular flexibility index (Phi) is 4.68. The summed E-state index contributed by atoms with van der Waals surface area (Å²) in [6.07, 6.45) is 1.88. The van der Waals surface area contributed by atoms with E-state index in [-0.39, 0.29) is 17.2 Å². The van der Waals surface area contributed by atoms with Crippen molar-refractivity contribution in [2.24, 2.45) is 0 Å². The summed E-state index contributed by atoms with van der Waals surface area (Å²) < 4.78 is 6.43. The Morgan fingerprint density at radius 2 is 1.59 bits per heavy atom. The van der Waals surface area contributed by atoms with Gasteiger partial charge in [0.2, 0.25) is 5.78 Å². The van der Waals surface area contributed by atoms with Crippen LogP contribution in [0.1, 0.15) is 37.7 Å². The largest absolute Gasteiger partial charge is 0.464 e. The zero-order valence-corrected chi connectivity index (χ0v) is 16.3. The highest BCUT2D eigenvalue weighted by Gasteiger charge is 2.24. The van der Waals surface area contributed by atoms with Crippen molar-refractivity contribution in [3.63, 3.8) is 0 Å². The smallest absolute Gasteiger partial charge is 0.356 e. The number of pyridine rings is 2. The van der Waals surface area contributed by atoms with Gasteiger partial charge in [-0.1, -0.05) is 42.0 Å². The number of carbonyl (C=O) groups excluding carboxylic acids is 2. The zero-order valence-electron chi connectivity index (χ0n) is 16.3. The van der Waals surface area contributed by atoms with Gasteiger partial charge in [-0.3, -0.25) is 4.79 Å². The van der Waals surface area contributed by atoms with Crippen LogP contribution in [0, 0.1) is 13.8 Å². The van der Waals surface area contributed by atoms with Gasteiger partial charge in [0.15, 0.2) is 0 Å². The van der Waals surface area contributed by atoms with Crippen molar-refractivity contribution in [2.45, 2.75) is 13.8 Å². The van der Waals surface area contributed by atoms with Crippen LogP contribution >= 0.6 is 0 Å². The van der Waals surface area contributed by atoms with Gasteiger partial charge >= 0.3 is 5.97 Å². The number of aryl methyl sites for hydroxylation is 2. The summed E-state index contributed by atoms with van der Waals surface area (Å²) in [4.78, 5) is 29.5. The fourth-order valence-corrected chi connectivity index (χ4v) is 3.20. The Bertz CT molecular complexity index is 1240. The summed E-state index contributed by atoms with van der Waals surface area (Å²) in [5, 5.41) is 4.67. The SMILES string of the molecule is COC(=O)c1cccc(C(=O)c2c(-c3ccc(C)cc3)nn3cc(C)ccc23)n1. The van der Waals surface area contributed by atoms with Crippen molar-refractivity contribution in [2.75, 3.05) is 7.11 Å². The van der Waals surface area contributed by atoms with Gasteiger partial charge in [-0.15, -0.1) is 0 Å². The van der Waals surface area contributed by atoms with Crippen molar-refractivity contribution in [3.8, 4) is 11.3 Å². The van der Waals surface area contributed by atoms with Crippen molar-refractivity contribution >= 4 is 17.3 Å². The monoisotopic (exact) mass is 385 g/mol. The molecular formula is C23H19N3O3. The molecule has 0 spiro atoms. The molecule has 144 valence electrons. The van der Waals surface area contributed by atoms with E-state index in [1.807, 2.05) is 56.4 Å². The van der Waals surface area contributed by atoms with Crippen molar-refractivity contribution in [1.82, 2.24) is 14.6 Å². The molecule has 0 radical (unpaired) electrons. The van der Waals surface area contributed by atoms with E-state index < -0.39 is 5.97 Å². The quantitative estimate of drug-likeness (QED) is 0.392. The number of carbonyl (C=O) groups is 2. The molecule has 0 fully saturated rings. The zero-order chi connectivity index (χ0) is 20.5. The lowest BCUT2D eigenvalue weighted by Crippen LogP contribution is -2.10. The topological polar surface area (TPSA) is 73.6 Å². The van der Waals surface area contributed by atoms with E-state index in [1.165, 1.54) is 13.2 Å². The lowest BCUT2D eigenvalue weighted by molar-refractivity contribution is 0.0594. The number of methoxy groups -OCH3 is 1. The normalized spacial score (nSPS) is 10.9. The Morgan fingerprint density at radius 1 is 0.897 bits per heavy atom. The molecule has 6 nitrogen and oxygen atoms in total. The molecule has 4 aromatic rings. The average molecular weight is 385 g/mol. The molecule has 0 aliphatic rings. The standard InChI is InChI=1S/C23H19N3O3/c1-14-7-10-16(11-8-14)21-20(19-12-9-15(2)13-26(19)25-21)22(27)17-5-4-6-18(24-17)23(28)29-3/h4-13H,1-3H3. The first-order valence-electron chi connectivity index (χ1n) is 9.14. The number of aromatic nitrogens is 3. The molecule has 0 unspecified atom stereocenters. The minimum Gasteiger partial charge on any atom is -0.464 e. The van der Waals surface area contributed by atoms with Crippen LogP contribution in [0.4, 0.5) is 0 Å². The van der Waals surface area contributed by atoms with E-state index in [0.29, 0.717) is 16.8 Å². The molecule has 0 bridgehead atoms. The van der Waals surface area contributed by atoms with E-state index in [0.717, 1.165) is 16.7 Å². The third kappa shape index (κ3) is 3.40. The van der Waals surface area contributed by atoms with Gasteiger partial charge in [0, 0.05) is 11.8 Å². The Balaban J connectivity index is 1.92. The second kappa shape index (κ2) is 7.31. The number of rotatable bonds is 4. The summed E-state index contributed by atoms with van der Waals surface area (Å²) in [6, 6.07) is 16.4. The number of hydrogen-bond acceptors (Lipinski definition) is 5. The first-order valence-corrected chi connectivity index (χ1v) is 9.14. The molecule has 6 heteroatoms. The van der Waals surface area contributed by atoms with Gasteiger partial charge in [-0.05, 0) is 37.6 Å². The molecule has 3 heterocycles. The highest BCUT2D eigenvalue weighted by molar-refractivity contribution is 6.16. The summed E-state index contributed by atoms with van der Waals surface area (Å²) >= 11 is 0. The van der Waals surface area contributed by atoms with Crippen molar-refractivity contribution in [1.29, 1.82) is 0 Å². The maximum Gasteiger partial charge on any atom is 0.356 e. The summed E-state index contributed by atoms with van der Waals surface area (Å²) in [5.74, 6) is -0.890. The Labute approximate surface area is 167 Å². The summed E-state index contributed by atoms with van der Waals surface area (Å²) in [7, 11) is 1.28. The minimum absolute atomic E-state index is 0.0857. The van der Waals surface area contributed by atoms with Crippen LogP contribution < -0.4 is 0 Å². The second-order valence-corrected chi connectivity index (χ2v) is 6.85. The van der Waals surface area contributed by atoms with Crippen LogP contribution in [0.25, 0.3) is 16.8 Å². The number of ketones is 1. The molecule has 0 N–H and O–H groups in total. The Morgan fingerprint density at radius 3 is 2.31 bits per heavy atom. The second-order valence-electron chi connectivity index (χ2n) is 6.85. The lowest BCUT2D eigenvalue weighted by atomic mass is 10.00. The fourth-order valence-electron chi connectivity index (χ4n) is 3.20. The van der Waals surface area contributed by atoms with Gasteiger partial charge in [0.25, 0.3) is 0 Å². The van der Waals surface area contributed by atoms with E-state index in [4.69, 9.17) is 4.74 Å². The maximum atomic E-state index is 13.5. The number of fused-ring (bicyclic) bond motifs is 1. The fraction of sp³-hybridized carbons (Fsp3) is 0.130. The molecule has 0 aliphatic heterocycles. The minimum atomic E-state index is -0.589. The predicted octanol–water partition coefficient (Wildman–Crippen LogP) is 4.03. The number of nitrogens with zero attached hydrogens (tertiary/aromatic N) is 3. The average Bonchev–Trinajstić information content (AvgIpc) is 3.11. The molecule has 1 aromatic carbocycles. The van der Waals surface area contributed by atoms with Crippen LogP contribution in [0.15, 0.2) is 60.8 Å². The van der Waals surface area contributed by atoms with Gasteiger partial charge in [0.1, 0.15) is 17.1 Å². The van der Waals surface area contributed by atoms with Gasteiger partial charge in [-0.2, -0.15) is 5.10 Å². The third-order valence-electron chi connectivity index (χ3n) is 4.71. The molecule has 4 rings (SSSR count). The predicted molar refractivity (Wildman–Crippen MR) is 109 cm³/mol. The number of esters is 1. The first kappa shape index (κ1) is 18.6. The molecule has 0 saturated carbocycles. The first-order chi connectivity index (χ1) is 14.0. The molecule has 0 atom stereocenters. The van der Waals surface area contributed by atoms with Crippen LogP contribution in [0.2, 0.25) is 0 Å². The molecule has 0 amide bonds.